The smallest absolute Gasteiger partial charge is 0.345 e. The molecule has 0 aliphatic carbocycles. The summed E-state index contributed by atoms with van der Waals surface area (Å²) in [7, 11) is 0. The third kappa shape index (κ3) is 11.0. The summed E-state index contributed by atoms with van der Waals surface area (Å²) in [4.78, 5) is 18.0. The molecule has 1 fully saturated rings. The Bertz CT molecular complexity index is 995. The van der Waals surface area contributed by atoms with E-state index in [0.717, 1.165) is 87.9 Å². The Kier molecular flexibility index (Phi) is 14.8. The van der Waals surface area contributed by atoms with Crippen LogP contribution in [0.5, 0.6) is 0 Å². The van der Waals surface area contributed by atoms with Crippen molar-refractivity contribution >= 4 is 11.6 Å². The average Bonchev–Trinajstić information content (AvgIpc) is 3.18. The molecular weight excluding hydrogens is 498 g/mol. The van der Waals surface area contributed by atoms with Crippen molar-refractivity contribution in [2.75, 3.05) is 39.3 Å². The molecule has 1 unspecified atom stereocenters. The molecule has 214 valence electrons. The Morgan fingerprint density at radius 3 is 2.47 bits per heavy atom. The molecule has 2 heterocycles. The highest BCUT2D eigenvalue weighted by molar-refractivity contribution is 6.29. The number of piperazine rings is 1. The van der Waals surface area contributed by atoms with Gasteiger partial charge in [0.15, 0.2) is 0 Å². The molecule has 8 heteroatoms. The summed E-state index contributed by atoms with van der Waals surface area (Å²) in [6.07, 6.45) is 13.5. The first-order valence-corrected chi connectivity index (χ1v) is 14.7. The van der Waals surface area contributed by atoms with Gasteiger partial charge in [-0.1, -0.05) is 49.2 Å². The molecule has 2 rings (SSSR count). The lowest BCUT2D eigenvalue weighted by molar-refractivity contribution is 0.109. The van der Waals surface area contributed by atoms with Crippen molar-refractivity contribution in [3.63, 3.8) is 0 Å². The number of hydrogen-bond acceptors (Lipinski definition) is 5. The fourth-order valence-electron chi connectivity index (χ4n) is 4.88. The summed E-state index contributed by atoms with van der Waals surface area (Å²) < 4.78 is 9.44. The standard InChI is InChI=1S/C30H50ClN5O2/c1-7-10-14-28(13-8-2)38-22-12-16-35-29(9-3)32-36(30(35)37)17-11-15-33-18-20-34(21-19-33)27(23-25(4)5)24-26(6)31/h7,10,14,24,27H,4,8-9,11-13,15-23H2,1-3,5-6H3/b10-7-,26-24+,28-14+. The summed E-state index contributed by atoms with van der Waals surface area (Å²) >= 11 is 6.19. The average molecular weight is 548 g/mol. The van der Waals surface area contributed by atoms with Gasteiger partial charge in [0.05, 0.1) is 12.4 Å². The van der Waals surface area contributed by atoms with Gasteiger partial charge in [-0.15, -0.1) is 6.58 Å². The molecule has 7 nitrogen and oxygen atoms in total. The summed E-state index contributed by atoms with van der Waals surface area (Å²) in [5.74, 6) is 1.86. The molecule has 1 aromatic rings. The van der Waals surface area contributed by atoms with E-state index in [4.69, 9.17) is 16.3 Å². The van der Waals surface area contributed by atoms with Crippen LogP contribution in [-0.4, -0.2) is 69.5 Å². The largest absolute Gasteiger partial charge is 0.498 e. The zero-order valence-electron chi connectivity index (χ0n) is 24.4. The molecule has 1 saturated heterocycles. The SMILES string of the molecule is C=C(C)CC(/C=C(\C)Cl)N1CCN(CCCn2nc(CC)n(CCCO/C(=C/C=C\C)CCC)c2=O)CC1. The van der Waals surface area contributed by atoms with Crippen molar-refractivity contribution in [1.82, 2.24) is 24.1 Å². The van der Waals surface area contributed by atoms with Gasteiger partial charge < -0.3 is 9.64 Å². The molecule has 0 aromatic carbocycles. The number of aromatic nitrogens is 3. The quantitative estimate of drug-likeness (QED) is 0.107. The predicted octanol–water partition coefficient (Wildman–Crippen LogP) is 5.76. The van der Waals surface area contributed by atoms with Crippen LogP contribution in [-0.2, 0) is 24.2 Å². The predicted molar refractivity (Wildman–Crippen MR) is 160 cm³/mol. The maximum absolute atomic E-state index is 13.1. The maximum atomic E-state index is 13.1. The van der Waals surface area contributed by atoms with Crippen LogP contribution < -0.4 is 5.69 Å². The highest BCUT2D eigenvalue weighted by atomic mass is 35.5. The minimum atomic E-state index is -0.00391. The zero-order valence-corrected chi connectivity index (χ0v) is 25.2. The van der Waals surface area contributed by atoms with Crippen LogP contribution in [0.1, 0.15) is 72.5 Å². The van der Waals surface area contributed by atoms with E-state index in [1.165, 1.54) is 5.57 Å². The van der Waals surface area contributed by atoms with Gasteiger partial charge in [-0.05, 0) is 52.5 Å². The Morgan fingerprint density at radius 2 is 1.87 bits per heavy atom. The molecule has 1 aliphatic rings. The number of allylic oxidation sites excluding steroid dienone is 5. The van der Waals surface area contributed by atoms with Crippen LogP contribution >= 0.6 is 11.6 Å². The van der Waals surface area contributed by atoms with Gasteiger partial charge in [-0.2, -0.15) is 5.10 Å². The normalized spacial score (nSPS) is 16.9. The molecule has 0 radical (unpaired) electrons. The second kappa shape index (κ2) is 17.5. The molecule has 38 heavy (non-hydrogen) atoms. The van der Waals surface area contributed by atoms with Crippen molar-refractivity contribution in [2.24, 2.45) is 0 Å². The number of aryl methyl sites for hydroxylation is 2. The molecule has 0 amide bonds. The molecule has 0 saturated carbocycles. The monoisotopic (exact) mass is 547 g/mol. The molecule has 1 aromatic heterocycles. The van der Waals surface area contributed by atoms with E-state index in [-0.39, 0.29) is 5.69 Å². The van der Waals surface area contributed by atoms with Gasteiger partial charge in [0.1, 0.15) is 5.82 Å². The third-order valence-electron chi connectivity index (χ3n) is 6.80. The van der Waals surface area contributed by atoms with E-state index in [2.05, 4.69) is 48.3 Å². The Labute approximate surface area is 235 Å². The topological polar surface area (TPSA) is 55.5 Å². The Hall–Kier alpha value is -2.09. The van der Waals surface area contributed by atoms with Gasteiger partial charge in [-0.25, -0.2) is 9.48 Å². The highest BCUT2D eigenvalue weighted by Gasteiger charge is 2.22. The van der Waals surface area contributed by atoms with E-state index in [1.807, 2.05) is 36.6 Å². The first-order chi connectivity index (χ1) is 18.3. The first-order valence-electron chi connectivity index (χ1n) is 14.3. The molecule has 0 spiro atoms. The van der Waals surface area contributed by atoms with Crippen LogP contribution in [0.2, 0.25) is 0 Å². The number of rotatable bonds is 17. The first kappa shape index (κ1) is 32.1. The van der Waals surface area contributed by atoms with Crippen molar-refractivity contribution in [3.8, 4) is 0 Å². The Balaban J connectivity index is 1.83. The number of ether oxygens (including phenoxy) is 1. The van der Waals surface area contributed by atoms with Gasteiger partial charge in [-0.3, -0.25) is 9.47 Å². The summed E-state index contributed by atoms with van der Waals surface area (Å²) in [5.41, 5.74) is 1.17. The highest BCUT2D eigenvalue weighted by Crippen LogP contribution is 2.17. The second-order valence-electron chi connectivity index (χ2n) is 10.3. The van der Waals surface area contributed by atoms with Gasteiger partial charge >= 0.3 is 5.69 Å². The number of nitrogens with zero attached hydrogens (tertiary/aromatic N) is 5. The fourth-order valence-corrected chi connectivity index (χ4v) is 5.02. The van der Waals surface area contributed by atoms with Crippen molar-refractivity contribution in [1.29, 1.82) is 0 Å². The van der Waals surface area contributed by atoms with E-state index >= 15 is 0 Å². The lowest BCUT2D eigenvalue weighted by atomic mass is 10.1. The zero-order chi connectivity index (χ0) is 27.9. The van der Waals surface area contributed by atoms with E-state index in [0.29, 0.717) is 25.7 Å². The van der Waals surface area contributed by atoms with Crippen molar-refractivity contribution in [3.05, 3.63) is 63.6 Å². The van der Waals surface area contributed by atoms with Crippen LogP contribution in [0.3, 0.4) is 0 Å². The molecule has 1 atom stereocenters. The minimum Gasteiger partial charge on any atom is -0.498 e. The lowest BCUT2D eigenvalue weighted by Gasteiger charge is -2.38. The van der Waals surface area contributed by atoms with E-state index in [9.17, 15) is 4.79 Å². The second-order valence-corrected chi connectivity index (χ2v) is 10.8. The van der Waals surface area contributed by atoms with Crippen LogP contribution in [0.25, 0.3) is 0 Å². The summed E-state index contributed by atoms with van der Waals surface area (Å²) in [6, 6.07) is 0.315. The number of hydrogen-bond donors (Lipinski definition) is 0. The van der Waals surface area contributed by atoms with Crippen LogP contribution in [0, 0.1) is 0 Å². The summed E-state index contributed by atoms with van der Waals surface area (Å²) in [5, 5.41) is 5.47. The molecule has 0 N–H and O–H groups in total. The van der Waals surface area contributed by atoms with Gasteiger partial charge in [0.2, 0.25) is 0 Å². The fraction of sp³-hybridized carbons (Fsp3) is 0.667. The molecule has 0 bridgehead atoms. The minimum absolute atomic E-state index is 0.00391. The van der Waals surface area contributed by atoms with Gasteiger partial charge in [0.25, 0.3) is 0 Å². The lowest BCUT2D eigenvalue weighted by Crippen LogP contribution is -2.50. The number of halogens is 1. The Morgan fingerprint density at radius 1 is 1.13 bits per heavy atom. The van der Waals surface area contributed by atoms with E-state index < -0.39 is 0 Å². The van der Waals surface area contributed by atoms with Crippen LogP contribution in [0.4, 0.5) is 0 Å². The van der Waals surface area contributed by atoms with Crippen LogP contribution in [0.15, 0.2) is 52.0 Å². The van der Waals surface area contributed by atoms with E-state index in [1.54, 1.807) is 4.68 Å². The maximum Gasteiger partial charge on any atom is 0.345 e. The summed E-state index contributed by atoms with van der Waals surface area (Å²) in [6.45, 7) is 21.2. The molecule has 1 aliphatic heterocycles. The third-order valence-corrected chi connectivity index (χ3v) is 6.93. The van der Waals surface area contributed by atoms with Crippen molar-refractivity contribution < 1.29 is 4.74 Å². The van der Waals surface area contributed by atoms with Gasteiger partial charge in [0, 0.05) is 69.7 Å². The van der Waals surface area contributed by atoms with Crippen molar-refractivity contribution in [2.45, 2.75) is 92.3 Å². The molecular formula is C30H50ClN5O2.